The third kappa shape index (κ3) is 5.74. The minimum absolute atomic E-state index is 0.0884. The smallest absolute Gasteiger partial charge is 0.324 e. The van der Waals surface area contributed by atoms with E-state index in [2.05, 4.69) is 46.7 Å². The van der Waals surface area contributed by atoms with Gasteiger partial charge in [-0.25, -0.2) is 14.8 Å². The number of nitrogens with one attached hydrogen (secondary N) is 3. The zero-order valence-electron chi connectivity index (χ0n) is 19.0. The van der Waals surface area contributed by atoms with Crippen LogP contribution >= 0.6 is 0 Å². The van der Waals surface area contributed by atoms with E-state index in [9.17, 15) is 4.79 Å². The van der Waals surface area contributed by atoms with Crippen LogP contribution in [-0.4, -0.2) is 16.0 Å². The number of para-hydroxylation sites is 2. The molecule has 0 unspecified atom stereocenters. The molecular weight excluding hydrogens is 410 g/mol. The van der Waals surface area contributed by atoms with E-state index in [1.807, 2.05) is 78.9 Å². The molecule has 0 aliphatic rings. The molecule has 6 heteroatoms. The molecule has 0 aliphatic heterocycles. The van der Waals surface area contributed by atoms with Gasteiger partial charge in [0.15, 0.2) is 0 Å². The molecule has 0 aliphatic carbocycles. The second-order valence-electron chi connectivity index (χ2n) is 8.73. The van der Waals surface area contributed by atoms with E-state index < -0.39 is 0 Å². The van der Waals surface area contributed by atoms with Crippen molar-refractivity contribution >= 4 is 29.0 Å². The number of benzene rings is 2. The predicted octanol–water partition coefficient (Wildman–Crippen LogP) is 6.83. The Morgan fingerprint density at radius 2 is 1.33 bits per heavy atom. The maximum atomic E-state index is 12.7. The van der Waals surface area contributed by atoms with Crippen LogP contribution in [0.1, 0.15) is 26.3 Å². The number of carbonyl (C=O) groups is 1. The number of aromatic nitrogens is 2. The Kier molecular flexibility index (Phi) is 6.36. The first kappa shape index (κ1) is 22.0. The molecule has 0 bridgehead atoms. The molecule has 166 valence electrons. The fourth-order valence-electron chi connectivity index (χ4n) is 3.54. The molecule has 2 amide bonds. The molecule has 0 fully saturated rings. The Balaban J connectivity index is 1.49. The Bertz CT molecular complexity index is 1250. The summed E-state index contributed by atoms with van der Waals surface area (Å²) < 4.78 is 0. The molecule has 2 aromatic carbocycles. The van der Waals surface area contributed by atoms with Crippen LogP contribution in [-0.2, 0) is 5.41 Å². The summed E-state index contributed by atoms with van der Waals surface area (Å²) in [5.74, 6) is 1.20. The van der Waals surface area contributed by atoms with E-state index in [1.54, 1.807) is 12.4 Å². The van der Waals surface area contributed by atoms with E-state index in [1.165, 1.54) is 0 Å². The normalized spacial score (nSPS) is 11.0. The molecule has 0 radical (unpaired) electrons. The molecule has 3 N–H and O–H groups in total. The highest BCUT2D eigenvalue weighted by atomic mass is 16.2. The molecule has 0 atom stereocenters. The third-order valence-electron chi connectivity index (χ3n) is 5.12. The summed E-state index contributed by atoms with van der Waals surface area (Å²) in [5, 5.41) is 9.09. The number of hydrogen-bond donors (Lipinski definition) is 3. The third-order valence-corrected chi connectivity index (χ3v) is 5.12. The highest BCUT2D eigenvalue weighted by Crippen LogP contribution is 2.29. The van der Waals surface area contributed by atoms with Gasteiger partial charge < -0.3 is 10.6 Å². The van der Waals surface area contributed by atoms with Gasteiger partial charge in [-0.3, -0.25) is 5.32 Å². The minimum Gasteiger partial charge on any atom is -0.340 e. The van der Waals surface area contributed by atoms with Crippen molar-refractivity contribution in [1.82, 2.24) is 9.97 Å². The van der Waals surface area contributed by atoms with E-state index in [0.717, 1.165) is 33.9 Å². The largest absolute Gasteiger partial charge is 0.340 e. The molecule has 4 aromatic rings. The van der Waals surface area contributed by atoms with Crippen LogP contribution in [0.5, 0.6) is 0 Å². The zero-order chi connectivity index (χ0) is 23.3. The average Bonchev–Trinajstić information content (AvgIpc) is 2.80. The lowest BCUT2D eigenvalue weighted by Gasteiger charge is -2.23. The maximum Gasteiger partial charge on any atom is 0.324 e. The maximum absolute atomic E-state index is 12.7. The highest BCUT2D eigenvalue weighted by molar-refractivity contribution is 6.00. The van der Waals surface area contributed by atoms with Crippen molar-refractivity contribution in [3.63, 3.8) is 0 Å². The molecule has 2 heterocycles. The lowest BCUT2D eigenvalue weighted by atomic mass is 9.86. The zero-order valence-corrected chi connectivity index (χ0v) is 19.0. The predicted molar refractivity (Wildman–Crippen MR) is 135 cm³/mol. The Morgan fingerprint density at radius 1 is 0.727 bits per heavy atom. The molecule has 0 saturated carbocycles. The van der Waals surface area contributed by atoms with Gasteiger partial charge in [0.25, 0.3) is 0 Å². The van der Waals surface area contributed by atoms with Crippen molar-refractivity contribution in [3.8, 4) is 11.1 Å². The number of nitrogens with zero attached hydrogens (tertiary/aromatic N) is 2. The molecule has 33 heavy (non-hydrogen) atoms. The molecule has 6 nitrogen and oxygen atoms in total. The molecular formula is C27H27N5O. The first-order chi connectivity index (χ1) is 15.9. The number of carbonyl (C=O) groups excluding carboxylic acids is 1. The van der Waals surface area contributed by atoms with Gasteiger partial charge in [-0.15, -0.1) is 0 Å². The molecule has 4 rings (SSSR count). The first-order valence-electron chi connectivity index (χ1n) is 10.8. The summed E-state index contributed by atoms with van der Waals surface area (Å²) in [6.07, 6.45) is 3.43. The molecule has 0 spiro atoms. The van der Waals surface area contributed by atoms with Crippen molar-refractivity contribution in [2.24, 2.45) is 0 Å². The van der Waals surface area contributed by atoms with Crippen LogP contribution < -0.4 is 16.0 Å². The minimum atomic E-state index is -0.336. The lowest BCUT2D eigenvalue weighted by Crippen LogP contribution is -2.23. The van der Waals surface area contributed by atoms with Gasteiger partial charge in [0.05, 0.1) is 0 Å². The van der Waals surface area contributed by atoms with Crippen molar-refractivity contribution < 1.29 is 4.79 Å². The SMILES string of the molecule is CC(C)(C)c1ccccc1NC(=O)Nc1cc(-c2ccnc(Nc3ccccc3)c2)ccn1. The highest BCUT2D eigenvalue weighted by Gasteiger charge is 2.18. The fourth-order valence-corrected chi connectivity index (χ4v) is 3.54. The summed E-state index contributed by atoms with van der Waals surface area (Å²) in [7, 11) is 0. The van der Waals surface area contributed by atoms with Gasteiger partial charge in [0.2, 0.25) is 0 Å². The summed E-state index contributed by atoms with van der Waals surface area (Å²) in [6.45, 7) is 6.35. The Labute approximate surface area is 194 Å². The molecule has 2 aromatic heterocycles. The molecule has 0 saturated heterocycles. The van der Waals surface area contributed by atoms with Crippen molar-refractivity contribution in [2.45, 2.75) is 26.2 Å². The van der Waals surface area contributed by atoms with Gasteiger partial charge in [-0.2, -0.15) is 0 Å². The Hall–Kier alpha value is -4.19. The van der Waals surface area contributed by atoms with Crippen LogP contribution in [0, 0.1) is 0 Å². The standard InChI is InChI=1S/C27H27N5O/c1-27(2,3)22-11-7-8-12-23(22)31-26(33)32-25-18-20(14-16-29-25)19-13-15-28-24(17-19)30-21-9-5-4-6-10-21/h4-18H,1-3H3,(H,28,30)(H2,29,31,32,33). The van der Waals surface area contributed by atoms with Crippen LogP contribution in [0.4, 0.5) is 27.8 Å². The van der Waals surface area contributed by atoms with Gasteiger partial charge >= 0.3 is 6.03 Å². The fraction of sp³-hybridized carbons (Fsp3) is 0.148. The van der Waals surface area contributed by atoms with Crippen LogP contribution in [0.3, 0.4) is 0 Å². The summed E-state index contributed by atoms with van der Waals surface area (Å²) in [5.41, 5.74) is 4.61. The second-order valence-corrected chi connectivity index (χ2v) is 8.73. The van der Waals surface area contributed by atoms with E-state index in [4.69, 9.17) is 0 Å². The van der Waals surface area contributed by atoms with Gasteiger partial charge in [-0.05, 0) is 64.6 Å². The lowest BCUT2D eigenvalue weighted by molar-refractivity contribution is 0.262. The van der Waals surface area contributed by atoms with Gasteiger partial charge in [-0.1, -0.05) is 57.2 Å². The summed E-state index contributed by atoms with van der Waals surface area (Å²) >= 11 is 0. The van der Waals surface area contributed by atoms with E-state index in [-0.39, 0.29) is 11.4 Å². The topological polar surface area (TPSA) is 78.9 Å². The average molecular weight is 438 g/mol. The number of rotatable bonds is 5. The quantitative estimate of drug-likeness (QED) is 0.320. The van der Waals surface area contributed by atoms with Crippen LogP contribution in [0.2, 0.25) is 0 Å². The number of amides is 2. The first-order valence-corrected chi connectivity index (χ1v) is 10.8. The second kappa shape index (κ2) is 9.53. The van der Waals surface area contributed by atoms with E-state index in [0.29, 0.717) is 5.82 Å². The van der Waals surface area contributed by atoms with Crippen LogP contribution in [0.15, 0.2) is 91.3 Å². The number of hydrogen-bond acceptors (Lipinski definition) is 4. The van der Waals surface area contributed by atoms with Crippen LogP contribution in [0.25, 0.3) is 11.1 Å². The number of urea groups is 1. The van der Waals surface area contributed by atoms with E-state index >= 15 is 0 Å². The Morgan fingerprint density at radius 3 is 2.03 bits per heavy atom. The van der Waals surface area contributed by atoms with Crippen molar-refractivity contribution in [1.29, 1.82) is 0 Å². The monoisotopic (exact) mass is 437 g/mol. The van der Waals surface area contributed by atoms with Gasteiger partial charge in [0.1, 0.15) is 11.6 Å². The van der Waals surface area contributed by atoms with Gasteiger partial charge in [0, 0.05) is 23.8 Å². The van der Waals surface area contributed by atoms with Crippen molar-refractivity contribution in [2.75, 3.05) is 16.0 Å². The number of pyridine rings is 2. The number of anilines is 4. The summed E-state index contributed by atoms with van der Waals surface area (Å²) in [4.78, 5) is 21.4. The van der Waals surface area contributed by atoms with Crippen molar-refractivity contribution in [3.05, 3.63) is 96.8 Å². The summed E-state index contributed by atoms with van der Waals surface area (Å²) in [6, 6.07) is 25.0.